The van der Waals surface area contributed by atoms with Crippen LogP contribution in [0.3, 0.4) is 0 Å². The van der Waals surface area contributed by atoms with Gasteiger partial charge in [-0.15, -0.1) is 0 Å². The summed E-state index contributed by atoms with van der Waals surface area (Å²) in [6.45, 7) is 2.66. The van der Waals surface area contributed by atoms with Crippen molar-refractivity contribution in [2.24, 2.45) is 5.92 Å². The van der Waals surface area contributed by atoms with E-state index in [1.807, 2.05) is 6.92 Å². The van der Waals surface area contributed by atoms with Gasteiger partial charge in [0.1, 0.15) is 0 Å². The lowest BCUT2D eigenvalue weighted by Gasteiger charge is -2.30. The van der Waals surface area contributed by atoms with E-state index in [0.717, 1.165) is 44.9 Å². The molecule has 0 aromatic rings. The van der Waals surface area contributed by atoms with Gasteiger partial charge >= 0.3 is 0 Å². The van der Waals surface area contributed by atoms with E-state index < -0.39 is 10.0 Å². The minimum Gasteiger partial charge on any atom is -0.393 e. The molecule has 0 aromatic heterocycles. The van der Waals surface area contributed by atoms with Crippen LogP contribution < -0.4 is 0 Å². The van der Waals surface area contributed by atoms with E-state index in [1.54, 1.807) is 4.31 Å². The summed E-state index contributed by atoms with van der Waals surface area (Å²) < 4.78 is 26.3. The molecule has 18 heavy (non-hydrogen) atoms. The van der Waals surface area contributed by atoms with Crippen molar-refractivity contribution in [3.05, 3.63) is 0 Å². The van der Waals surface area contributed by atoms with Gasteiger partial charge < -0.3 is 5.11 Å². The molecule has 3 atom stereocenters. The fourth-order valence-electron chi connectivity index (χ4n) is 3.40. The van der Waals surface area contributed by atoms with Gasteiger partial charge in [-0.3, -0.25) is 0 Å². The Balaban J connectivity index is 2.07. The van der Waals surface area contributed by atoms with Crippen molar-refractivity contribution in [2.45, 2.75) is 64.0 Å². The number of unbranched alkanes of at least 4 members (excludes halogenated alkanes) is 1. The summed E-state index contributed by atoms with van der Waals surface area (Å²) in [7, 11) is -3.11. The second-order valence-corrected chi connectivity index (χ2v) is 7.69. The smallest absolute Gasteiger partial charge is 0.214 e. The van der Waals surface area contributed by atoms with Crippen LogP contribution in [0.4, 0.5) is 0 Å². The van der Waals surface area contributed by atoms with Crippen molar-refractivity contribution in [1.29, 1.82) is 0 Å². The van der Waals surface area contributed by atoms with Crippen molar-refractivity contribution in [3.63, 3.8) is 0 Å². The predicted molar refractivity (Wildman–Crippen MR) is 71.8 cm³/mol. The Labute approximate surface area is 110 Å². The molecule has 2 rings (SSSR count). The third-order valence-corrected chi connectivity index (χ3v) is 6.36. The van der Waals surface area contributed by atoms with Crippen molar-refractivity contribution >= 4 is 10.0 Å². The van der Waals surface area contributed by atoms with E-state index in [-0.39, 0.29) is 23.8 Å². The molecule has 1 aliphatic carbocycles. The van der Waals surface area contributed by atoms with E-state index >= 15 is 0 Å². The lowest BCUT2D eigenvalue weighted by atomic mass is 9.95. The van der Waals surface area contributed by atoms with Crippen molar-refractivity contribution < 1.29 is 13.5 Å². The number of hydrogen-bond donors (Lipinski definition) is 1. The molecule has 0 aromatic carbocycles. The zero-order valence-electron chi connectivity index (χ0n) is 11.2. The third kappa shape index (κ3) is 2.89. The lowest BCUT2D eigenvalue weighted by Crippen LogP contribution is -2.43. The first kappa shape index (κ1) is 14.3. The highest BCUT2D eigenvalue weighted by molar-refractivity contribution is 7.89. The highest BCUT2D eigenvalue weighted by Crippen LogP contribution is 2.37. The summed E-state index contributed by atoms with van der Waals surface area (Å²) in [5, 5.41) is 9.99. The van der Waals surface area contributed by atoms with Crippen LogP contribution >= 0.6 is 0 Å². The second-order valence-electron chi connectivity index (χ2n) is 5.65. The fraction of sp³-hybridized carbons (Fsp3) is 1.00. The van der Waals surface area contributed by atoms with Gasteiger partial charge in [-0.25, -0.2) is 8.42 Å². The highest BCUT2D eigenvalue weighted by Gasteiger charge is 2.42. The number of aliphatic hydroxyl groups excluding tert-OH is 1. The average molecular weight is 275 g/mol. The normalized spacial score (nSPS) is 34.2. The number of sulfonamides is 1. The molecule has 0 bridgehead atoms. The van der Waals surface area contributed by atoms with E-state index in [4.69, 9.17) is 0 Å². The topological polar surface area (TPSA) is 57.6 Å². The molecule has 5 heteroatoms. The number of rotatable bonds is 5. The molecule has 1 heterocycles. The van der Waals surface area contributed by atoms with Crippen LogP contribution in [0.15, 0.2) is 0 Å². The van der Waals surface area contributed by atoms with Crippen LogP contribution in [0.1, 0.15) is 51.9 Å². The largest absolute Gasteiger partial charge is 0.393 e. The Hall–Kier alpha value is -0.130. The summed E-state index contributed by atoms with van der Waals surface area (Å²) in [5.41, 5.74) is 0. The van der Waals surface area contributed by atoms with Crippen LogP contribution in [0.5, 0.6) is 0 Å². The van der Waals surface area contributed by atoms with E-state index in [2.05, 4.69) is 0 Å². The number of nitrogens with zero attached hydrogens (tertiary/aromatic N) is 1. The quantitative estimate of drug-likeness (QED) is 0.831. The van der Waals surface area contributed by atoms with Gasteiger partial charge in [-0.1, -0.05) is 19.8 Å². The summed E-state index contributed by atoms with van der Waals surface area (Å²) in [6.07, 6.45) is 6.06. The SMILES string of the molecule is CCCCS(=O)(=O)N1CCCC1C1CCCC1O. The zero-order chi connectivity index (χ0) is 13.2. The maximum atomic E-state index is 12.3. The van der Waals surface area contributed by atoms with Gasteiger partial charge in [0.15, 0.2) is 0 Å². The zero-order valence-corrected chi connectivity index (χ0v) is 12.0. The standard InChI is InChI=1S/C13H25NO3S/c1-2-3-10-18(16,17)14-9-5-7-12(14)11-6-4-8-13(11)15/h11-13,15H,2-10H2,1H3. The summed E-state index contributed by atoms with van der Waals surface area (Å²) >= 11 is 0. The molecule has 4 nitrogen and oxygen atoms in total. The number of aliphatic hydroxyl groups is 1. The molecule has 1 aliphatic heterocycles. The molecule has 1 saturated heterocycles. The van der Waals surface area contributed by atoms with Crippen LogP contribution in [0, 0.1) is 5.92 Å². The highest BCUT2D eigenvalue weighted by atomic mass is 32.2. The predicted octanol–water partition coefficient (Wildman–Crippen LogP) is 1.74. The molecule has 0 amide bonds. The minimum atomic E-state index is -3.11. The first-order valence-electron chi connectivity index (χ1n) is 7.24. The summed E-state index contributed by atoms with van der Waals surface area (Å²) in [4.78, 5) is 0. The van der Waals surface area contributed by atoms with Crippen molar-refractivity contribution in [1.82, 2.24) is 4.31 Å². The minimum absolute atomic E-state index is 0.0596. The van der Waals surface area contributed by atoms with E-state index in [0.29, 0.717) is 6.54 Å². The second kappa shape index (κ2) is 5.88. The van der Waals surface area contributed by atoms with Crippen molar-refractivity contribution in [2.75, 3.05) is 12.3 Å². The van der Waals surface area contributed by atoms with Gasteiger partial charge in [0, 0.05) is 18.5 Å². The average Bonchev–Trinajstić information content (AvgIpc) is 2.94. The molecule has 2 fully saturated rings. The summed E-state index contributed by atoms with van der Waals surface area (Å²) in [5.74, 6) is 0.437. The maximum absolute atomic E-state index is 12.3. The van der Waals surface area contributed by atoms with Crippen LogP contribution in [-0.4, -0.2) is 42.3 Å². The van der Waals surface area contributed by atoms with E-state index in [9.17, 15) is 13.5 Å². The van der Waals surface area contributed by atoms with E-state index in [1.165, 1.54) is 0 Å². The fourth-order valence-corrected chi connectivity index (χ4v) is 5.37. The molecular formula is C13H25NO3S. The number of hydrogen-bond acceptors (Lipinski definition) is 3. The van der Waals surface area contributed by atoms with Gasteiger partial charge in [-0.05, 0) is 32.1 Å². The van der Waals surface area contributed by atoms with Gasteiger partial charge in [-0.2, -0.15) is 4.31 Å². The molecule has 1 N–H and O–H groups in total. The molecule has 106 valence electrons. The van der Waals surface area contributed by atoms with Gasteiger partial charge in [0.2, 0.25) is 10.0 Å². The Morgan fingerprint density at radius 1 is 1.22 bits per heavy atom. The Bertz CT molecular complexity index is 368. The summed E-state index contributed by atoms with van der Waals surface area (Å²) in [6, 6.07) is 0.0596. The molecule has 0 spiro atoms. The van der Waals surface area contributed by atoms with Gasteiger partial charge in [0.05, 0.1) is 11.9 Å². The lowest BCUT2D eigenvalue weighted by molar-refractivity contribution is 0.0975. The molecule has 0 radical (unpaired) electrons. The Morgan fingerprint density at radius 2 is 2.00 bits per heavy atom. The molecule has 1 saturated carbocycles. The van der Waals surface area contributed by atoms with Gasteiger partial charge in [0.25, 0.3) is 0 Å². The van der Waals surface area contributed by atoms with Crippen LogP contribution in [0.25, 0.3) is 0 Å². The molecule has 2 aliphatic rings. The third-order valence-electron chi connectivity index (χ3n) is 4.39. The molecule has 3 unspecified atom stereocenters. The maximum Gasteiger partial charge on any atom is 0.214 e. The molecular weight excluding hydrogens is 250 g/mol. The first-order chi connectivity index (χ1) is 8.56. The Kier molecular flexibility index (Phi) is 4.67. The monoisotopic (exact) mass is 275 g/mol. The van der Waals surface area contributed by atoms with Crippen LogP contribution in [-0.2, 0) is 10.0 Å². The van der Waals surface area contributed by atoms with Crippen molar-refractivity contribution in [3.8, 4) is 0 Å². The van der Waals surface area contributed by atoms with Crippen LogP contribution in [0.2, 0.25) is 0 Å². The Morgan fingerprint density at radius 3 is 2.61 bits per heavy atom. The first-order valence-corrected chi connectivity index (χ1v) is 8.84.